The van der Waals surface area contributed by atoms with E-state index < -0.39 is 21.6 Å². The summed E-state index contributed by atoms with van der Waals surface area (Å²) in [5, 5.41) is 3.10. The molecule has 1 aromatic carbocycles. The van der Waals surface area contributed by atoms with Crippen LogP contribution < -0.4 is 5.32 Å². The summed E-state index contributed by atoms with van der Waals surface area (Å²) < 4.78 is 66.6. The summed E-state index contributed by atoms with van der Waals surface area (Å²) in [4.78, 5) is 0. The van der Waals surface area contributed by atoms with Gasteiger partial charge in [0.2, 0.25) is 0 Å². The summed E-state index contributed by atoms with van der Waals surface area (Å²) in [5.74, 6) is 1.18. The number of hydrogen-bond donors (Lipinski definition) is 1. The first kappa shape index (κ1) is 17.0. The van der Waals surface area contributed by atoms with Gasteiger partial charge in [0.1, 0.15) is 11.5 Å². The molecule has 3 rings (SSSR count). The lowest BCUT2D eigenvalue weighted by Gasteiger charge is -2.09. The van der Waals surface area contributed by atoms with Gasteiger partial charge < -0.3 is 9.73 Å². The molecule has 1 fully saturated rings. The van der Waals surface area contributed by atoms with E-state index in [4.69, 9.17) is 4.42 Å². The van der Waals surface area contributed by atoms with E-state index in [9.17, 15) is 21.6 Å². The molecule has 8 heteroatoms. The van der Waals surface area contributed by atoms with Gasteiger partial charge in [-0.25, -0.2) is 8.42 Å². The fourth-order valence-corrected chi connectivity index (χ4v) is 4.39. The average molecular weight is 359 g/mol. The maximum atomic E-state index is 12.8. The normalized spacial score (nSPS) is 20.4. The quantitative estimate of drug-likeness (QED) is 0.910. The molecule has 1 atom stereocenters. The highest BCUT2D eigenvalue weighted by molar-refractivity contribution is 7.91. The van der Waals surface area contributed by atoms with Crippen LogP contribution in [-0.2, 0) is 22.6 Å². The Morgan fingerprint density at radius 3 is 2.67 bits per heavy atom. The molecule has 1 saturated heterocycles. The molecular formula is C16H16F3NO3S. The Morgan fingerprint density at radius 1 is 1.21 bits per heavy atom. The Labute approximate surface area is 137 Å². The zero-order valence-corrected chi connectivity index (χ0v) is 13.5. The highest BCUT2D eigenvalue weighted by atomic mass is 32.2. The van der Waals surface area contributed by atoms with Crippen molar-refractivity contribution < 1.29 is 26.0 Å². The summed E-state index contributed by atoms with van der Waals surface area (Å²) >= 11 is 0. The maximum absolute atomic E-state index is 12.8. The van der Waals surface area contributed by atoms with Gasteiger partial charge in [-0.15, -0.1) is 0 Å². The van der Waals surface area contributed by atoms with Crippen LogP contribution in [0.15, 0.2) is 40.8 Å². The molecule has 1 N–H and O–H groups in total. The third kappa shape index (κ3) is 3.99. The molecule has 0 radical (unpaired) electrons. The second-order valence-electron chi connectivity index (χ2n) is 5.83. The molecule has 0 spiro atoms. The van der Waals surface area contributed by atoms with E-state index in [0.717, 1.165) is 12.1 Å². The van der Waals surface area contributed by atoms with Gasteiger partial charge in [0.25, 0.3) is 0 Å². The van der Waals surface area contributed by atoms with Crippen LogP contribution in [0.3, 0.4) is 0 Å². The van der Waals surface area contributed by atoms with Crippen molar-refractivity contribution in [3.63, 3.8) is 0 Å². The topological polar surface area (TPSA) is 59.3 Å². The van der Waals surface area contributed by atoms with Crippen molar-refractivity contribution in [3.05, 3.63) is 47.7 Å². The Kier molecular flexibility index (Phi) is 4.44. The third-order valence-corrected chi connectivity index (χ3v) is 5.70. The number of nitrogens with one attached hydrogen (secondary N) is 1. The lowest BCUT2D eigenvalue weighted by atomic mass is 10.1. The largest absolute Gasteiger partial charge is 0.460 e. The number of halogens is 3. The van der Waals surface area contributed by atoms with Crippen LogP contribution in [0.5, 0.6) is 0 Å². The van der Waals surface area contributed by atoms with Gasteiger partial charge in [-0.2, -0.15) is 13.2 Å². The average Bonchev–Trinajstić information content (AvgIpc) is 3.11. The van der Waals surface area contributed by atoms with E-state index in [1.807, 2.05) is 0 Å². The summed E-state index contributed by atoms with van der Waals surface area (Å²) in [7, 11) is -2.96. The van der Waals surface area contributed by atoms with Crippen molar-refractivity contribution in [3.8, 4) is 11.3 Å². The number of furan rings is 1. The van der Waals surface area contributed by atoms with E-state index in [1.54, 1.807) is 18.2 Å². The van der Waals surface area contributed by atoms with E-state index in [-0.39, 0.29) is 17.5 Å². The molecule has 4 nitrogen and oxygen atoms in total. The first-order chi connectivity index (χ1) is 11.2. The highest BCUT2D eigenvalue weighted by Crippen LogP contribution is 2.32. The molecule has 0 amide bonds. The van der Waals surface area contributed by atoms with Crippen LogP contribution >= 0.6 is 0 Å². The lowest BCUT2D eigenvalue weighted by molar-refractivity contribution is -0.137. The van der Waals surface area contributed by atoms with Crippen LogP contribution in [0.1, 0.15) is 17.7 Å². The number of benzene rings is 1. The zero-order valence-electron chi connectivity index (χ0n) is 12.6. The third-order valence-electron chi connectivity index (χ3n) is 3.93. The Balaban J connectivity index is 1.68. The SMILES string of the molecule is O=S1(=O)CC[C@H](NCc2ccc(-c3cccc(C(F)(F)F)c3)o2)C1. The van der Waals surface area contributed by atoms with Crippen molar-refractivity contribution in [1.29, 1.82) is 0 Å². The Bertz CT molecular complexity index is 827. The predicted molar refractivity (Wildman–Crippen MR) is 83.0 cm³/mol. The minimum absolute atomic E-state index is 0.105. The first-order valence-corrected chi connectivity index (χ1v) is 9.25. The van der Waals surface area contributed by atoms with Crippen LogP contribution in [0, 0.1) is 0 Å². The van der Waals surface area contributed by atoms with Crippen molar-refractivity contribution in [2.75, 3.05) is 11.5 Å². The summed E-state index contributed by atoms with van der Waals surface area (Å²) in [6.45, 7) is 0.332. The highest BCUT2D eigenvalue weighted by Gasteiger charge is 2.30. The van der Waals surface area contributed by atoms with E-state index in [1.165, 1.54) is 6.07 Å². The number of rotatable bonds is 4. The molecule has 24 heavy (non-hydrogen) atoms. The van der Waals surface area contributed by atoms with Gasteiger partial charge in [-0.05, 0) is 30.7 Å². The maximum Gasteiger partial charge on any atom is 0.416 e. The summed E-state index contributed by atoms with van der Waals surface area (Å²) in [6, 6.07) is 8.10. The lowest BCUT2D eigenvalue weighted by Crippen LogP contribution is -2.29. The van der Waals surface area contributed by atoms with Gasteiger partial charge in [0.05, 0.1) is 23.6 Å². The monoisotopic (exact) mass is 359 g/mol. The standard InChI is InChI=1S/C16H16F3NO3S/c17-16(18,19)12-3-1-2-11(8-12)15-5-4-14(23-15)9-20-13-6-7-24(21,22)10-13/h1-5,8,13,20H,6-7,9-10H2/t13-/m0/s1. The van der Waals surface area contributed by atoms with Crippen LogP contribution in [0.25, 0.3) is 11.3 Å². The summed E-state index contributed by atoms with van der Waals surface area (Å²) in [6.07, 6.45) is -3.84. The molecule has 2 heterocycles. The van der Waals surface area contributed by atoms with E-state index in [2.05, 4.69) is 5.32 Å². The fraction of sp³-hybridized carbons (Fsp3) is 0.375. The summed E-state index contributed by atoms with van der Waals surface area (Å²) in [5.41, 5.74) is -0.383. The van der Waals surface area contributed by atoms with Crippen LogP contribution in [0.4, 0.5) is 13.2 Å². The minimum atomic E-state index is -4.40. The zero-order chi connectivity index (χ0) is 17.4. The second kappa shape index (κ2) is 6.25. The molecule has 0 bridgehead atoms. The molecule has 130 valence electrons. The predicted octanol–water partition coefficient (Wildman–Crippen LogP) is 3.24. The number of hydrogen-bond acceptors (Lipinski definition) is 4. The van der Waals surface area contributed by atoms with Crippen molar-refractivity contribution in [2.24, 2.45) is 0 Å². The molecule has 0 saturated carbocycles. The number of alkyl halides is 3. The number of sulfone groups is 1. The van der Waals surface area contributed by atoms with Crippen molar-refractivity contribution in [2.45, 2.75) is 25.2 Å². The second-order valence-corrected chi connectivity index (χ2v) is 8.05. The van der Waals surface area contributed by atoms with E-state index in [0.29, 0.717) is 30.0 Å². The smallest absolute Gasteiger partial charge is 0.416 e. The molecular weight excluding hydrogens is 343 g/mol. The minimum Gasteiger partial charge on any atom is -0.460 e. The van der Waals surface area contributed by atoms with Gasteiger partial charge in [-0.1, -0.05) is 12.1 Å². The van der Waals surface area contributed by atoms with Crippen LogP contribution in [-0.4, -0.2) is 26.0 Å². The van der Waals surface area contributed by atoms with Gasteiger partial charge in [-0.3, -0.25) is 0 Å². The van der Waals surface area contributed by atoms with Crippen molar-refractivity contribution in [1.82, 2.24) is 5.32 Å². The van der Waals surface area contributed by atoms with Crippen LogP contribution in [0.2, 0.25) is 0 Å². The Morgan fingerprint density at radius 2 is 2.00 bits per heavy atom. The van der Waals surface area contributed by atoms with Gasteiger partial charge >= 0.3 is 6.18 Å². The first-order valence-electron chi connectivity index (χ1n) is 7.43. The van der Waals surface area contributed by atoms with Gasteiger partial charge in [0.15, 0.2) is 9.84 Å². The molecule has 2 aromatic rings. The van der Waals surface area contributed by atoms with E-state index >= 15 is 0 Å². The molecule has 0 aliphatic carbocycles. The van der Waals surface area contributed by atoms with Crippen molar-refractivity contribution >= 4 is 9.84 Å². The van der Waals surface area contributed by atoms with Gasteiger partial charge in [0, 0.05) is 11.6 Å². The molecule has 1 aliphatic rings. The Hall–Kier alpha value is -1.80. The fourth-order valence-electron chi connectivity index (χ4n) is 2.68. The molecule has 1 aromatic heterocycles. The molecule has 1 aliphatic heterocycles. The molecule has 0 unspecified atom stereocenters.